The molecule has 0 radical (unpaired) electrons. The van der Waals surface area contributed by atoms with E-state index in [9.17, 15) is 5.11 Å². The van der Waals surface area contributed by atoms with E-state index in [4.69, 9.17) is 0 Å². The molecule has 2 N–H and O–H groups in total. The molecular weight excluding hydrogens is 260 g/mol. The molecule has 110 valence electrons. The average molecular weight is 282 g/mol. The first kappa shape index (κ1) is 14.1. The van der Waals surface area contributed by atoms with Gasteiger partial charge in [0.05, 0.1) is 0 Å². The van der Waals surface area contributed by atoms with Crippen LogP contribution in [0.3, 0.4) is 0 Å². The molecule has 1 fully saturated rings. The first-order valence-corrected chi connectivity index (χ1v) is 7.52. The first-order chi connectivity index (χ1) is 10.2. The maximum atomic E-state index is 9.38. The van der Waals surface area contributed by atoms with Gasteiger partial charge in [0.1, 0.15) is 5.75 Å². The molecule has 0 aromatic heterocycles. The van der Waals surface area contributed by atoms with Crippen LogP contribution in [0.4, 0.5) is 0 Å². The summed E-state index contributed by atoms with van der Waals surface area (Å²) in [6.45, 7) is 5.19. The van der Waals surface area contributed by atoms with Gasteiger partial charge in [-0.05, 0) is 30.2 Å². The fraction of sp³-hybridized carbons (Fsp3) is 0.333. The summed E-state index contributed by atoms with van der Waals surface area (Å²) < 4.78 is 0. The molecule has 1 heterocycles. The van der Waals surface area contributed by atoms with Crippen LogP contribution in [0.2, 0.25) is 0 Å². The normalized spacial score (nSPS) is 23.1. The van der Waals surface area contributed by atoms with Crippen LogP contribution in [0.5, 0.6) is 5.75 Å². The molecule has 0 amide bonds. The van der Waals surface area contributed by atoms with Gasteiger partial charge in [-0.25, -0.2) is 0 Å². The molecule has 3 heteroatoms. The number of nitrogens with zero attached hydrogens (tertiary/aromatic N) is 1. The minimum Gasteiger partial charge on any atom is -0.508 e. The minimum absolute atomic E-state index is 0.328. The van der Waals surface area contributed by atoms with Crippen molar-refractivity contribution in [3.8, 4) is 5.75 Å². The monoisotopic (exact) mass is 282 g/mol. The number of nitrogens with one attached hydrogen (secondary N) is 1. The van der Waals surface area contributed by atoms with Crippen LogP contribution in [-0.2, 0) is 6.54 Å². The lowest BCUT2D eigenvalue weighted by molar-refractivity contribution is 0.133. The molecule has 0 saturated carbocycles. The highest BCUT2D eigenvalue weighted by Gasteiger charge is 2.25. The lowest BCUT2D eigenvalue weighted by Gasteiger charge is -2.39. The maximum Gasteiger partial charge on any atom is 0.115 e. The highest BCUT2D eigenvalue weighted by Crippen LogP contribution is 2.22. The highest BCUT2D eigenvalue weighted by molar-refractivity contribution is 5.26. The summed E-state index contributed by atoms with van der Waals surface area (Å²) in [6.07, 6.45) is 0. The second kappa shape index (κ2) is 6.29. The van der Waals surface area contributed by atoms with Gasteiger partial charge in [0.25, 0.3) is 0 Å². The fourth-order valence-electron chi connectivity index (χ4n) is 2.89. The van der Waals surface area contributed by atoms with Gasteiger partial charge in [0, 0.05) is 31.7 Å². The van der Waals surface area contributed by atoms with Crippen LogP contribution in [0.25, 0.3) is 0 Å². The van der Waals surface area contributed by atoms with E-state index in [-0.39, 0.29) is 0 Å². The molecule has 1 saturated heterocycles. The summed E-state index contributed by atoms with van der Waals surface area (Å²) >= 11 is 0. The molecule has 1 aliphatic heterocycles. The van der Waals surface area contributed by atoms with E-state index < -0.39 is 0 Å². The predicted octanol–water partition coefficient (Wildman–Crippen LogP) is 2.93. The first-order valence-electron chi connectivity index (χ1n) is 7.52. The van der Waals surface area contributed by atoms with Crippen LogP contribution < -0.4 is 5.32 Å². The Labute approximate surface area is 126 Å². The van der Waals surface area contributed by atoms with Crippen LogP contribution in [0, 0.1) is 0 Å². The zero-order chi connectivity index (χ0) is 14.7. The Balaban J connectivity index is 1.70. The van der Waals surface area contributed by atoms with Crippen molar-refractivity contribution in [3.05, 3.63) is 65.7 Å². The molecular formula is C18H22N2O. The van der Waals surface area contributed by atoms with Gasteiger partial charge in [-0.3, -0.25) is 4.90 Å². The summed E-state index contributed by atoms with van der Waals surface area (Å²) in [6, 6.07) is 19.1. The van der Waals surface area contributed by atoms with E-state index in [1.54, 1.807) is 12.1 Å². The third-order valence-electron chi connectivity index (χ3n) is 4.22. The zero-order valence-electron chi connectivity index (χ0n) is 12.4. The molecule has 2 aromatic carbocycles. The summed E-state index contributed by atoms with van der Waals surface area (Å²) in [5, 5.41) is 13.0. The maximum absolute atomic E-state index is 9.38. The standard InChI is InChI=1S/C18H22N2O/c1-14-11-19-18(16-5-3-2-4-6-16)13-20(14)12-15-7-9-17(21)10-8-15/h2-10,14,18-19,21H,11-13H2,1H3. The Kier molecular flexibility index (Phi) is 4.23. The van der Waals surface area contributed by atoms with Gasteiger partial charge >= 0.3 is 0 Å². The molecule has 2 atom stereocenters. The molecule has 2 unspecified atom stereocenters. The van der Waals surface area contributed by atoms with Gasteiger partial charge in [0.2, 0.25) is 0 Å². The number of hydrogen-bond acceptors (Lipinski definition) is 3. The van der Waals surface area contributed by atoms with Crippen LogP contribution in [-0.4, -0.2) is 29.1 Å². The van der Waals surface area contributed by atoms with Crippen LogP contribution >= 0.6 is 0 Å². The summed E-state index contributed by atoms with van der Waals surface area (Å²) in [4.78, 5) is 2.50. The Morgan fingerprint density at radius 3 is 2.52 bits per heavy atom. The van der Waals surface area contributed by atoms with Crippen LogP contribution in [0.1, 0.15) is 24.1 Å². The van der Waals surface area contributed by atoms with Crippen LogP contribution in [0.15, 0.2) is 54.6 Å². The molecule has 0 bridgehead atoms. The largest absolute Gasteiger partial charge is 0.508 e. The van der Waals surface area contributed by atoms with Gasteiger partial charge in [0.15, 0.2) is 0 Å². The van der Waals surface area contributed by atoms with E-state index in [1.807, 2.05) is 12.1 Å². The molecule has 21 heavy (non-hydrogen) atoms. The third kappa shape index (κ3) is 3.43. The van der Waals surface area contributed by atoms with Crippen molar-refractivity contribution in [3.63, 3.8) is 0 Å². The van der Waals surface area contributed by atoms with E-state index in [2.05, 4.69) is 47.5 Å². The van der Waals surface area contributed by atoms with Gasteiger partial charge < -0.3 is 10.4 Å². The van der Waals surface area contributed by atoms with E-state index in [0.717, 1.165) is 19.6 Å². The SMILES string of the molecule is CC1CNC(c2ccccc2)CN1Cc1ccc(O)cc1. The summed E-state index contributed by atoms with van der Waals surface area (Å²) in [5.41, 5.74) is 2.59. The lowest BCUT2D eigenvalue weighted by atomic mass is 10.0. The zero-order valence-corrected chi connectivity index (χ0v) is 12.4. The van der Waals surface area contributed by atoms with Crippen molar-refractivity contribution in [2.75, 3.05) is 13.1 Å². The number of phenolic OH excluding ortho intramolecular Hbond substituents is 1. The molecule has 0 aliphatic carbocycles. The van der Waals surface area contributed by atoms with Crippen molar-refractivity contribution in [2.45, 2.75) is 25.6 Å². The number of aromatic hydroxyl groups is 1. The fourth-order valence-corrected chi connectivity index (χ4v) is 2.89. The number of piperazine rings is 1. The third-order valence-corrected chi connectivity index (χ3v) is 4.22. The number of phenols is 1. The second-order valence-corrected chi connectivity index (χ2v) is 5.82. The number of hydrogen-bond donors (Lipinski definition) is 2. The molecule has 1 aliphatic rings. The summed E-state index contributed by atoms with van der Waals surface area (Å²) in [5.74, 6) is 0.328. The topological polar surface area (TPSA) is 35.5 Å². The Hall–Kier alpha value is -1.84. The van der Waals surface area contributed by atoms with Gasteiger partial charge in [-0.1, -0.05) is 42.5 Å². The van der Waals surface area contributed by atoms with Gasteiger partial charge in [-0.2, -0.15) is 0 Å². The van der Waals surface area contributed by atoms with E-state index in [1.165, 1.54) is 11.1 Å². The minimum atomic E-state index is 0.328. The number of rotatable bonds is 3. The Morgan fingerprint density at radius 2 is 1.81 bits per heavy atom. The van der Waals surface area contributed by atoms with Gasteiger partial charge in [-0.15, -0.1) is 0 Å². The lowest BCUT2D eigenvalue weighted by Crippen LogP contribution is -2.50. The number of benzene rings is 2. The molecule has 3 rings (SSSR count). The molecule has 0 spiro atoms. The van der Waals surface area contributed by atoms with Crippen molar-refractivity contribution >= 4 is 0 Å². The second-order valence-electron chi connectivity index (χ2n) is 5.82. The van der Waals surface area contributed by atoms with Crippen molar-refractivity contribution < 1.29 is 5.11 Å². The van der Waals surface area contributed by atoms with E-state index >= 15 is 0 Å². The molecule has 2 aromatic rings. The highest BCUT2D eigenvalue weighted by atomic mass is 16.3. The molecule has 3 nitrogen and oxygen atoms in total. The van der Waals surface area contributed by atoms with Crippen molar-refractivity contribution in [1.29, 1.82) is 0 Å². The average Bonchev–Trinajstić information content (AvgIpc) is 2.52. The quantitative estimate of drug-likeness (QED) is 0.908. The van der Waals surface area contributed by atoms with E-state index in [0.29, 0.717) is 17.8 Å². The summed E-state index contributed by atoms with van der Waals surface area (Å²) in [7, 11) is 0. The Morgan fingerprint density at radius 1 is 1.10 bits per heavy atom. The Bertz CT molecular complexity index is 568. The van der Waals surface area contributed by atoms with Crippen molar-refractivity contribution in [1.82, 2.24) is 10.2 Å². The van der Waals surface area contributed by atoms with Crippen molar-refractivity contribution in [2.24, 2.45) is 0 Å². The predicted molar refractivity (Wildman–Crippen MR) is 85.2 cm³/mol. The smallest absolute Gasteiger partial charge is 0.115 e.